The molecule has 1 aliphatic heterocycles. The third-order valence-electron chi connectivity index (χ3n) is 4.78. The van der Waals surface area contributed by atoms with Crippen molar-refractivity contribution in [1.29, 1.82) is 0 Å². The zero-order valence-electron chi connectivity index (χ0n) is 16.6. The minimum atomic E-state index is -3.62. The molecule has 1 fully saturated rings. The molecule has 27 heavy (non-hydrogen) atoms. The summed E-state index contributed by atoms with van der Waals surface area (Å²) < 4.78 is 35.7. The summed E-state index contributed by atoms with van der Waals surface area (Å²) in [5.74, 6) is 1.14. The lowest BCUT2D eigenvalue weighted by molar-refractivity contribution is 0.124. The molecular formula is C18H27N5O3S. The molecule has 1 aliphatic rings. The highest BCUT2D eigenvalue weighted by atomic mass is 32.2. The largest absolute Gasteiger partial charge is 0.473 e. The number of sulfonamides is 1. The maximum atomic E-state index is 13.3. The quantitative estimate of drug-likeness (QED) is 0.773. The molecule has 0 N–H and O–H groups in total. The Labute approximate surface area is 160 Å². The highest BCUT2D eigenvalue weighted by Crippen LogP contribution is 2.27. The molecule has 148 valence electrons. The summed E-state index contributed by atoms with van der Waals surface area (Å²) >= 11 is 0. The van der Waals surface area contributed by atoms with E-state index in [-0.39, 0.29) is 6.10 Å². The third-order valence-corrected chi connectivity index (χ3v) is 6.90. The molecule has 2 aromatic rings. The Morgan fingerprint density at radius 3 is 2.59 bits per heavy atom. The topological polar surface area (TPSA) is 90.2 Å². The second-order valence-corrected chi connectivity index (χ2v) is 8.83. The molecule has 0 aromatic carbocycles. The van der Waals surface area contributed by atoms with Crippen LogP contribution in [0.5, 0.6) is 5.88 Å². The van der Waals surface area contributed by atoms with Crippen LogP contribution >= 0.6 is 0 Å². The lowest BCUT2D eigenvalue weighted by Gasteiger charge is -2.32. The highest BCUT2D eigenvalue weighted by molar-refractivity contribution is 7.89. The van der Waals surface area contributed by atoms with Gasteiger partial charge in [0.1, 0.15) is 16.8 Å². The Hall–Kier alpha value is -2.00. The van der Waals surface area contributed by atoms with Crippen LogP contribution < -0.4 is 4.74 Å². The molecule has 9 heteroatoms. The first-order valence-corrected chi connectivity index (χ1v) is 10.7. The molecule has 0 spiro atoms. The third kappa shape index (κ3) is 3.98. The van der Waals surface area contributed by atoms with Gasteiger partial charge in [-0.05, 0) is 47.5 Å². The van der Waals surface area contributed by atoms with E-state index < -0.39 is 10.0 Å². The fourth-order valence-electron chi connectivity index (χ4n) is 3.62. The second-order valence-electron chi connectivity index (χ2n) is 6.96. The van der Waals surface area contributed by atoms with Crippen molar-refractivity contribution in [2.45, 2.75) is 65.0 Å². The Balaban J connectivity index is 1.82. The van der Waals surface area contributed by atoms with Crippen molar-refractivity contribution >= 4 is 10.0 Å². The molecule has 0 amide bonds. The van der Waals surface area contributed by atoms with Crippen LogP contribution in [0, 0.1) is 27.7 Å². The number of aryl methyl sites for hydroxylation is 4. The zero-order chi connectivity index (χ0) is 19.8. The molecule has 1 atom stereocenters. The lowest BCUT2D eigenvalue weighted by atomic mass is 10.1. The first-order chi connectivity index (χ1) is 12.7. The molecule has 0 saturated carbocycles. The molecule has 0 aliphatic carbocycles. The first-order valence-electron chi connectivity index (χ1n) is 9.25. The summed E-state index contributed by atoms with van der Waals surface area (Å²) in [6.45, 7) is 10.6. The van der Waals surface area contributed by atoms with Crippen molar-refractivity contribution in [3.05, 3.63) is 29.0 Å². The van der Waals surface area contributed by atoms with Crippen molar-refractivity contribution in [2.24, 2.45) is 0 Å². The molecule has 1 saturated heterocycles. The molecule has 0 radical (unpaired) electrons. The predicted octanol–water partition coefficient (Wildman–Crippen LogP) is 2.16. The van der Waals surface area contributed by atoms with Gasteiger partial charge in [-0.25, -0.2) is 13.4 Å². The van der Waals surface area contributed by atoms with E-state index >= 15 is 0 Å². The van der Waals surface area contributed by atoms with E-state index in [0.717, 1.165) is 18.5 Å². The van der Waals surface area contributed by atoms with Crippen LogP contribution in [0.4, 0.5) is 0 Å². The summed E-state index contributed by atoms with van der Waals surface area (Å²) in [7, 11) is -3.62. The van der Waals surface area contributed by atoms with Crippen LogP contribution in [0.2, 0.25) is 0 Å². The summed E-state index contributed by atoms with van der Waals surface area (Å²) in [6.07, 6.45) is 1.30. The first kappa shape index (κ1) is 19.8. The summed E-state index contributed by atoms with van der Waals surface area (Å²) in [5, 5.41) is 4.36. The highest BCUT2D eigenvalue weighted by Gasteiger charge is 2.35. The number of hydrogen-bond acceptors (Lipinski definition) is 6. The van der Waals surface area contributed by atoms with Crippen molar-refractivity contribution in [2.75, 3.05) is 13.1 Å². The van der Waals surface area contributed by atoms with Crippen LogP contribution in [0.15, 0.2) is 11.0 Å². The van der Waals surface area contributed by atoms with Gasteiger partial charge in [-0.15, -0.1) is 0 Å². The zero-order valence-corrected chi connectivity index (χ0v) is 17.4. The summed E-state index contributed by atoms with van der Waals surface area (Å²) in [4.78, 5) is 8.86. The van der Waals surface area contributed by atoms with Crippen LogP contribution in [-0.4, -0.2) is 51.7 Å². The van der Waals surface area contributed by atoms with Crippen LogP contribution in [-0.2, 0) is 16.6 Å². The van der Waals surface area contributed by atoms with E-state index in [2.05, 4.69) is 15.1 Å². The molecule has 3 heterocycles. The van der Waals surface area contributed by atoms with E-state index in [1.807, 2.05) is 20.8 Å². The number of aromatic nitrogens is 4. The van der Waals surface area contributed by atoms with Crippen LogP contribution in [0.3, 0.4) is 0 Å². The van der Waals surface area contributed by atoms with Gasteiger partial charge in [0.05, 0.1) is 17.9 Å². The number of nitrogens with zero attached hydrogens (tertiary/aromatic N) is 5. The Morgan fingerprint density at radius 1 is 1.22 bits per heavy atom. The van der Waals surface area contributed by atoms with Gasteiger partial charge in [0.25, 0.3) is 0 Å². The molecule has 8 nitrogen and oxygen atoms in total. The standard InChI is InChI=1S/C18H27N5O3S/c1-6-23-14(4)18(13(3)21-23)27(24,25)22-9-7-8-16(11-22)26-17-10-12(2)19-15(5)20-17/h10,16H,6-9,11H2,1-5H3. The molecule has 1 unspecified atom stereocenters. The van der Waals surface area contributed by atoms with Gasteiger partial charge in [0, 0.05) is 24.8 Å². The summed E-state index contributed by atoms with van der Waals surface area (Å²) in [5.41, 5.74) is 2.05. The van der Waals surface area contributed by atoms with E-state index in [1.165, 1.54) is 4.31 Å². The second kappa shape index (κ2) is 7.55. The average molecular weight is 394 g/mol. The van der Waals surface area contributed by atoms with E-state index in [4.69, 9.17) is 4.74 Å². The van der Waals surface area contributed by atoms with E-state index in [0.29, 0.717) is 47.6 Å². The molecular weight excluding hydrogens is 366 g/mol. The van der Waals surface area contributed by atoms with Gasteiger partial charge >= 0.3 is 0 Å². The molecule has 0 bridgehead atoms. The van der Waals surface area contributed by atoms with E-state index in [1.54, 1.807) is 24.6 Å². The Bertz CT molecular complexity index is 918. The van der Waals surface area contributed by atoms with Crippen LogP contribution in [0.25, 0.3) is 0 Å². The van der Waals surface area contributed by atoms with Gasteiger partial charge < -0.3 is 4.74 Å². The predicted molar refractivity (Wildman–Crippen MR) is 101 cm³/mol. The summed E-state index contributed by atoms with van der Waals surface area (Å²) in [6, 6.07) is 1.78. The maximum Gasteiger partial charge on any atom is 0.246 e. The molecule has 3 rings (SSSR count). The monoisotopic (exact) mass is 393 g/mol. The van der Waals surface area contributed by atoms with Gasteiger partial charge in [-0.3, -0.25) is 4.68 Å². The fourth-order valence-corrected chi connectivity index (χ4v) is 5.51. The lowest BCUT2D eigenvalue weighted by Crippen LogP contribution is -2.44. The van der Waals surface area contributed by atoms with Crippen molar-refractivity contribution in [1.82, 2.24) is 24.1 Å². The Kier molecular flexibility index (Phi) is 5.53. The smallest absolute Gasteiger partial charge is 0.246 e. The van der Waals surface area contributed by atoms with Crippen molar-refractivity contribution < 1.29 is 13.2 Å². The minimum absolute atomic E-state index is 0.232. The van der Waals surface area contributed by atoms with Gasteiger partial charge in [-0.2, -0.15) is 14.4 Å². The van der Waals surface area contributed by atoms with Gasteiger partial charge in [0.15, 0.2) is 0 Å². The fraction of sp³-hybridized carbons (Fsp3) is 0.611. The van der Waals surface area contributed by atoms with Crippen LogP contribution in [0.1, 0.15) is 42.7 Å². The number of piperidine rings is 1. The Morgan fingerprint density at radius 2 is 1.96 bits per heavy atom. The normalized spacial score (nSPS) is 18.6. The van der Waals surface area contributed by atoms with Gasteiger partial charge in [0.2, 0.25) is 15.9 Å². The number of rotatable bonds is 5. The SMILES string of the molecule is CCn1nc(C)c(S(=O)(=O)N2CCCC(Oc3cc(C)nc(C)n3)C2)c1C. The number of hydrogen-bond donors (Lipinski definition) is 0. The van der Waals surface area contributed by atoms with Gasteiger partial charge in [-0.1, -0.05) is 0 Å². The van der Waals surface area contributed by atoms with Crippen molar-refractivity contribution in [3.63, 3.8) is 0 Å². The minimum Gasteiger partial charge on any atom is -0.473 e. The number of ether oxygens (including phenoxy) is 1. The maximum absolute atomic E-state index is 13.3. The molecule has 2 aromatic heterocycles. The van der Waals surface area contributed by atoms with Crippen molar-refractivity contribution in [3.8, 4) is 5.88 Å². The average Bonchev–Trinajstić information content (AvgIpc) is 2.88. The van der Waals surface area contributed by atoms with E-state index in [9.17, 15) is 8.42 Å².